The number of H-pyrrole nitrogens is 1. The van der Waals surface area contributed by atoms with Gasteiger partial charge in [-0.15, -0.1) is 0 Å². The van der Waals surface area contributed by atoms with Crippen molar-refractivity contribution >= 4 is 12.2 Å². The molecule has 6 nitrogen and oxygen atoms in total. The average Bonchev–Trinajstić information content (AvgIpc) is 2.93. The van der Waals surface area contributed by atoms with Crippen LogP contribution in [0.1, 0.15) is 26.5 Å². The van der Waals surface area contributed by atoms with Crippen molar-refractivity contribution in [2.45, 2.75) is 33.1 Å². The highest BCUT2D eigenvalue weighted by Gasteiger charge is 2.30. The second-order valence-electron chi connectivity index (χ2n) is 3.88. The summed E-state index contributed by atoms with van der Waals surface area (Å²) in [6, 6.07) is 2.86. The van der Waals surface area contributed by atoms with E-state index in [0.717, 1.165) is 5.69 Å². The minimum atomic E-state index is -0.835. The highest BCUT2D eigenvalue weighted by atomic mass is 16.7. The van der Waals surface area contributed by atoms with Crippen LogP contribution in [0.5, 0.6) is 0 Å². The minimum absolute atomic E-state index is 0.290. The van der Waals surface area contributed by atoms with E-state index >= 15 is 0 Å². The molecule has 1 N–H and O–H groups in total. The zero-order chi connectivity index (χ0) is 14.8. The lowest BCUT2D eigenvalue weighted by Gasteiger charge is -2.22. The fourth-order valence-electron chi connectivity index (χ4n) is 1.61. The van der Waals surface area contributed by atoms with Crippen molar-refractivity contribution in [2.24, 2.45) is 4.99 Å². The molecule has 0 fully saturated rings. The molecule has 0 saturated heterocycles. The van der Waals surface area contributed by atoms with Crippen molar-refractivity contribution in [3.63, 3.8) is 0 Å². The predicted octanol–water partition coefficient (Wildman–Crippen LogP) is 1.76. The summed E-state index contributed by atoms with van der Waals surface area (Å²) in [7, 11) is 0. The molecule has 0 aliphatic carbocycles. The van der Waals surface area contributed by atoms with Crippen LogP contribution in [-0.2, 0) is 19.0 Å². The number of nitrogens with zero attached hydrogens (tertiary/aromatic N) is 1. The smallest absolute Gasteiger partial charge is 0.336 e. The molecule has 1 aromatic rings. The summed E-state index contributed by atoms with van der Waals surface area (Å²) in [4.78, 5) is 19.2. The molecule has 0 aliphatic heterocycles. The summed E-state index contributed by atoms with van der Waals surface area (Å²) in [6.07, 6.45) is 2.62. The fraction of sp³-hybridized carbons (Fsp3) is 0.571. The molecule has 1 atom stereocenters. The number of esters is 1. The maximum atomic E-state index is 12.0. The topological polar surface area (TPSA) is 72.9 Å². The van der Waals surface area contributed by atoms with Gasteiger partial charge in [0.05, 0.1) is 12.3 Å². The molecule has 0 saturated carbocycles. The van der Waals surface area contributed by atoms with Crippen LogP contribution in [0.25, 0.3) is 0 Å². The van der Waals surface area contributed by atoms with Crippen LogP contribution in [-0.4, -0.2) is 49.3 Å². The van der Waals surface area contributed by atoms with Gasteiger partial charge in [-0.3, -0.25) is 4.99 Å². The van der Waals surface area contributed by atoms with Crippen LogP contribution < -0.4 is 0 Å². The molecular formula is C14H22N2O4. The summed E-state index contributed by atoms with van der Waals surface area (Å²) in [5.41, 5.74) is 0.797. The molecule has 0 radical (unpaired) electrons. The Morgan fingerprint density at radius 2 is 2.00 bits per heavy atom. The number of hydrogen-bond acceptors (Lipinski definition) is 5. The lowest BCUT2D eigenvalue weighted by Crippen LogP contribution is -2.38. The number of carbonyl (C=O) groups is 1. The molecule has 112 valence electrons. The van der Waals surface area contributed by atoms with E-state index in [2.05, 4.69) is 9.98 Å². The Hall–Kier alpha value is -1.66. The first-order chi connectivity index (χ1) is 9.72. The first-order valence-corrected chi connectivity index (χ1v) is 6.79. The van der Waals surface area contributed by atoms with E-state index in [-0.39, 0.29) is 0 Å². The van der Waals surface area contributed by atoms with Gasteiger partial charge in [-0.05, 0) is 32.9 Å². The molecule has 0 bridgehead atoms. The normalized spacial score (nSPS) is 13.0. The van der Waals surface area contributed by atoms with E-state index in [1.165, 1.54) is 0 Å². The van der Waals surface area contributed by atoms with Crippen LogP contribution in [0.15, 0.2) is 23.3 Å². The standard InChI is InChI=1S/C14H22N2O4/c1-4-18-13(17)12(14(19-5-2)20-6-3)16-10-11-8-7-9-15-11/h7-10,12,14-15H,4-6H2,1-3H3. The Labute approximate surface area is 119 Å². The molecule has 20 heavy (non-hydrogen) atoms. The van der Waals surface area contributed by atoms with Crippen molar-refractivity contribution in [3.05, 3.63) is 24.0 Å². The van der Waals surface area contributed by atoms with Crippen molar-refractivity contribution in [1.82, 2.24) is 4.98 Å². The summed E-state index contributed by atoms with van der Waals surface area (Å²) in [5.74, 6) is -0.456. The molecule has 0 amide bonds. The van der Waals surface area contributed by atoms with Crippen LogP contribution >= 0.6 is 0 Å². The van der Waals surface area contributed by atoms with Gasteiger partial charge in [-0.25, -0.2) is 4.79 Å². The highest BCUT2D eigenvalue weighted by Crippen LogP contribution is 2.09. The third-order valence-corrected chi connectivity index (χ3v) is 2.44. The van der Waals surface area contributed by atoms with Crippen molar-refractivity contribution < 1.29 is 19.0 Å². The van der Waals surface area contributed by atoms with E-state index in [4.69, 9.17) is 14.2 Å². The molecule has 1 unspecified atom stereocenters. The van der Waals surface area contributed by atoms with E-state index in [1.54, 1.807) is 19.3 Å². The zero-order valence-corrected chi connectivity index (χ0v) is 12.2. The number of ether oxygens (including phenoxy) is 3. The van der Waals surface area contributed by atoms with Gasteiger partial charge >= 0.3 is 5.97 Å². The predicted molar refractivity (Wildman–Crippen MR) is 75.8 cm³/mol. The third-order valence-electron chi connectivity index (χ3n) is 2.44. The van der Waals surface area contributed by atoms with E-state index in [1.807, 2.05) is 26.0 Å². The van der Waals surface area contributed by atoms with E-state index in [0.29, 0.717) is 19.8 Å². The molecule has 0 aliphatic rings. The monoisotopic (exact) mass is 282 g/mol. The fourth-order valence-corrected chi connectivity index (χ4v) is 1.61. The molecular weight excluding hydrogens is 260 g/mol. The minimum Gasteiger partial charge on any atom is -0.464 e. The van der Waals surface area contributed by atoms with Crippen molar-refractivity contribution in [1.29, 1.82) is 0 Å². The Bertz CT molecular complexity index is 397. The van der Waals surface area contributed by atoms with Gasteiger partial charge in [0.25, 0.3) is 0 Å². The molecule has 6 heteroatoms. The number of rotatable bonds is 9. The van der Waals surface area contributed by atoms with Gasteiger partial charge in [-0.1, -0.05) is 0 Å². The lowest BCUT2D eigenvalue weighted by molar-refractivity contribution is -0.174. The lowest BCUT2D eigenvalue weighted by atomic mass is 10.3. The second-order valence-corrected chi connectivity index (χ2v) is 3.88. The van der Waals surface area contributed by atoms with E-state index < -0.39 is 18.3 Å². The number of aliphatic imine (C=N–C) groups is 1. The second kappa shape index (κ2) is 9.28. The van der Waals surface area contributed by atoms with Crippen LogP contribution in [0.3, 0.4) is 0 Å². The molecule has 1 rings (SSSR count). The number of carbonyl (C=O) groups excluding carboxylic acids is 1. The van der Waals surface area contributed by atoms with Crippen LogP contribution in [0.4, 0.5) is 0 Å². The molecule has 1 heterocycles. The molecule has 0 aromatic carbocycles. The first-order valence-electron chi connectivity index (χ1n) is 6.79. The van der Waals surface area contributed by atoms with Gasteiger partial charge in [0, 0.05) is 25.6 Å². The summed E-state index contributed by atoms with van der Waals surface area (Å²) < 4.78 is 15.9. The van der Waals surface area contributed by atoms with Crippen LogP contribution in [0.2, 0.25) is 0 Å². The summed E-state index contributed by atoms with van der Waals surface area (Å²) >= 11 is 0. The summed E-state index contributed by atoms with van der Waals surface area (Å²) in [6.45, 7) is 6.57. The number of aromatic nitrogens is 1. The summed E-state index contributed by atoms with van der Waals surface area (Å²) in [5, 5.41) is 0. The Kier molecular flexibility index (Phi) is 7.60. The van der Waals surface area contributed by atoms with Crippen molar-refractivity contribution in [2.75, 3.05) is 19.8 Å². The van der Waals surface area contributed by atoms with Crippen molar-refractivity contribution in [3.8, 4) is 0 Å². The van der Waals surface area contributed by atoms with Gasteiger partial charge in [0.15, 0.2) is 12.3 Å². The number of hydrogen-bond donors (Lipinski definition) is 1. The van der Waals surface area contributed by atoms with E-state index in [9.17, 15) is 4.79 Å². The third kappa shape index (κ3) is 5.14. The van der Waals surface area contributed by atoms with Gasteiger partial charge in [0.2, 0.25) is 0 Å². The molecule has 1 aromatic heterocycles. The maximum absolute atomic E-state index is 12.0. The Balaban J connectivity index is 2.84. The Morgan fingerprint density at radius 1 is 1.30 bits per heavy atom. The van der Waals surface area contributed by atoms with Crippen LogP contribution in [0, 0.1) is 0 Å². The quantitative estimate of drug-likeness (QED) is 0.425. The zero-order valence-electron chi connectivity index (χ0n) is 12.2. The van der Waals surface area contributed by atoms with Gasteiger partial charge in [0.1, 0.15) is 0 Å². The van der Waals surface area contributed by atoms with Gasteiger partial charge < -0.3 is 19.2 Å². The Morgan fingerprint density at radius 3 is 2.50 bits per heavy atom. The largest absolute Gasteiger partial charge is 0.464 e. The maximum Gasteiger partial charge on any atom is 0.336 e. The first kappa shape index (κ1) is 16.4. The SMILES string of the molecule is CCOC(=O)C(N=Cc1ccc[nH]1)C(OCC)OCC. The number of aromatic amines is 1. The van der Waals surface area contributed by atoms with Gasteiger partial charge in [-0.2, -0.15) is 0 Å². The number of nitrogens with one attached hydrogen (secondary N) is 1. The highest BCUT2D eigenvalue weighted by molar-refractivity contribution is 5.83. The average molecular weight is 282 g/mol. The molecule has 0 spiro atoms.